The van der Waals surface area contributed by atoms with E-state index in [2.05, 4.69) is 0 Å². The van der Waals surface area contributed by atoms with Gasteiger partial charge in [0.05, 0.1) is 24.3 Å². The SMILES string of the molecule is COc1cccc2c1C(=O)c1c(cc(OC3OC(C)C(O)C(O)C3O)c(C)c1O)C2=O. The van der Waals surface area contributed by atoms with Gasteiger partial charge in [0.15, 0.2) is 5.78 Å². The second-order valence-corrected chi connectivity index (χ2v) is 7.61. The lowest BCUT2D eigenvalue weighted by Gasteiger charge is -2.39. The normalized spacial score (nSPS) is 27.5. The summed E-state index contributed by atoms with van der Waals surface area (Å²) < 4.78 is 16.3. The summed E-state index contributed by atoms with van der Waals surface area (Å²) in [4.78, 5) is 26.2. The highest BCUT2D eigenvalue weighted by molar-refractivity contribution is 6.30. The Labute approximate surface area is 177 Å². The Kier molecular flexibility index (Phi) is 5.22. The number of ether oxygens (including phenoxy) is 3. The van der Waals surface area contributed by atoms with Crippen LogP contribution in [0.5, 0.6) is 17.2 Å². The van der Waals surface area contributed by atoms with Crippen LogP contribution in [0.3, 0.4) is 0 Å². The lowest BCUT2D eigenvalue weighted by molar-refractivity contribution is -0.268. The maximum absolute atomic E-state index is 13.1. The molecule has 1 fully saturated rings. The van der Waals surface area contributed by atoms with Gasteiger partial charge < -0.3 is 34.6 Å². The summed E-state index contributed by atoms with van der Waals surface area (Å²) in [6.07, 6.45) is -6.60. The largest absolute Gasteiger partial charge is 0.507 e. The zero-order chi connectivity index (χ0) is 22.6. The van der Waals surface area contributed by atoms with E-state index in [0.29, 0.717) is 0 Å². The second kappa shape index (κ2) is 7.61. The van der Waals surface area contributed by atoms with Crippen molar-refractivity contribution in [1.29, 1.82) is 0 Å². The van der Waals surface area contributed by atoms with E-state index in [4.69, 9.17) is 14.2 Å². The van der Waals surface area contributed by atoms with Crippen LogP contribution >= 0.6 is 0 Å². The molecule has 2 aliphatic rings. The Hall–Kier alpha value is -2.98. The molecule has 5 atom stereocenters. The highest BCUT2D eigenvalue weighted by Crippen LogP contribution is 2.42. The molecule has 0 radical (unpaired) electrons. The number of fused-ring (bicyclic) bond motifs is 2. The summed E-state index contributed by atoms with van der Waals surface area (Å²) in [5.74, 6) is -1.29. The van der Waals surface area contributed by atoms with E-state index >= 15 is 0 Å². The molecule has 2 aromatic rings. The summed E-state index contributed by atoms with van der Waals surface area (Å²) in [7, 11) is 1.38. The van der Waals surface area contributed by atoms with E-state index in [0.717, 1.165) is 0 Å². The molecule has 164 valence electrons. The number of methoxy groups -OCH3 is 1. The highest BCUT2D eigenvalue weighted by Gasteiger charge is 2.44. The van der Waals surface area contributed by atoms with Gasteiger partial charge in [-0.3, -0.25) is 9.59 Å². The first-order valence-electron chi connectivity index (χ1n) is 9.66. The van der Waals surface area contributed by atoms with Crippen LogP contribution < -0.4 is 9.47 Å². The van der Waals surface area contributed by atoms with E-state index in [9.17, 15) is 30.0 Å². The van der Waals surface area contributed by atoms with Gasteiger partial charge in [-0.25, -0.2) is 0 Å². The fraction of sp³-hybridized carbons (Fsp3) is 0.364. The molecule has 0 spiro atoms. The van der Waals surface area contributed by atoms with Gasteiger partial charge in [0.1, 0.15) is 35.6 Å². The lowest BCUT2D eigenvalue weighted by atomic mass is 9.82. The number of phenolic OH excluding ortho intramolecular Hbond substituents is 1. The number of rotatable bonds is 3. The van der Waals surface area contributed by atoms with Crippen LogP contribution in [0.4, 0.5) is 0 Å². The summed E-state index contributed by atoms with van der Waals surface area (Å²) in [6, 6.07) is 5.93. The predicted molar refractivity (Wildman–Crippen MR) is 106 cm³/mol. The molecule has 0 saturated carbocycles. The number of carbonyl (C=O) groups excluding carboxylic acids is 2. The van der Waals surface area contributed by atoms with E-state index in [1.807, 2.05) is 0 Å². The van der Waals surface area contributed by atoms with Crippen LogP contribution in [-0.4, -0.2) is 69.8 Å². The summed E-state index contributed by atoms with van der Waals surface area (Å²) >= 11 is 0. The average Bonchev–Trinajstić information content (AvgIpc) is 2.76. The van der Waals surface area contributed by atoms with Crippen LogP contribution in [0.15, 0.2) is 24.3 Å². The zero-order valence-electron chi connectivity index (χ0n) is 17.0. The first-order valence-corrected chi connectivity index (χ1v) is 9.66. The number of benzene rings is 2. The van der Waals surface area contributed by atoms with Crippen molar-refractivity contribution < 1.29 is 44.2 Å². The quantitative estimate of drug-likeness (QED) is 0.472. The molecule has 0 bridgehead atoms. The number of carbonyl (C=O) groups is 2. The van der Waals surface area contributed by atoms with Crippen LogP contribution in [0.1, 0.15) is 44.3 Å². The molecule has 1 saturated heterocycles. The van der Waals surface area contributed by atoms with Crippen molar-refractivity contribution in [2.45, 2.75) is 44.6 Å². The maximum Gasteiger partial charge on any atom is 0.229 e. The van der Waals surface area contributed by atoms with Gasteiger partial charge in [0, 0.05) is 16.7 Å². The third kappa shape index (κ3) is 3.17. The van der Waals surface area contributed by atoms with Gasteiger partial charge in [-0.05, 0) is 26.0 Å². The van der Waals surface area contributed by atoms with Gasteiger partial charge in [0.2, 0.25) is 12.1 Å². The minimum atomic E-state index is -1.58. The van der Waals surface area contributed by atoms with Crippen LogP contribution in [0.25, 0.3) is 0 Å². The smallest absolute Gasteiger partial charge is 0.229 e. The topological polar surface area (TPSA) is 143 Å². The van der Waals surface area contributed by atoms with Crippen molar-refractivity contribution in [1.82, 2.24) is 0 Å². The lowest BCUT2D eigenvalue weighted by Crippen LogP contribution is -2.58. The molecule has 31 heavy (non-hydrogen) atoms. The number of ketones is 2. The molecule has 1 heterocycles. The molecule has 1 aliphatic heterocycles. The third-order valence-corrected chi connectivity index (χ3v) is 5.75. The molecule has 4 N–H and O–H groups in total. The van der Waals surface area contributed by atoms with Gasteiger partial charge >= 0.3 is 0 Å². The standard InChI is InChI=1S/C22H22O9/c1-8-13(31-22-21(28)20(27)17(24)9(2)30-22)7-11-15(16(8)23)19(26)14-10(18(11)25)5-4-6-12(14)29-3/h4-7,9,17,20-24,27-28H,1-3H3. The van der Waals surface area contributed by atoms with E-state index in [-0.39, 0.29) is 39.3 Å². The Bertz CT molecular complexity index is 1080. The van der Waals surface area contributed by atoms with Crippen molar-refractivity contribution in [2.75, 3.05) is 7.11 Å². The molecule has 0 aromatic heterocycles. The zero-order valence-corrected chi connectivity index (χ0v) is 17.0. The van der Waals surface area contributed by atoms with Crippen LogP contribution in [0.2, 0.25) is 0 Å². The van der Waals surface area contributed by atoms with Crippen molar-refractivity contribution in [3.63, 3.8) is 0 Å². The monoisotopic (exact) mass is 430 g/mol. The van der Waals surface area contributed by atoms with Crippen molar-refractivity contribution in [3.8, 4) is 17.2 Å². The number of aliphatic hydroxyl groups excluding tert-OH is 3. The molecule has 9 heteroatoms. The van der Waals surface area contributed by atoms with Crippen LogP contribution in [-0.2, 0) is 4.74 Å². The summed E-state index contributed by atoms with van der Waals surface area (Å²) in [6.45, 7) is 2.98. The van der Waals surface area contributed by atoms with E-state index in [1.165, 1.54) is 33.1 Å². The molecule has 0 amide bonds. The van der Waals surface area contributed by atoms with Crippen molar-refractivity contribution in [3.05, 3.63) is 52.1 Å². The third-order valence-electron chi connectivity index (χ3n) is 5.75. The highest BCUT2D eigenvalue weighted by atomic mass is 16.7. The molecule has 4 rings (SSSR count). The Balaban J connectivity index is 1.78. The Morgan fingerprint density at radius 1 is 0.935 bits per heavy atom. The van der Waals surface area contributed by atoms with Gasteiger partial charge in [0.25, 0.3) is 0 Å². The molecule has 1 aliphatic carbocycles. The Morgan fingerprint density at radius 3 is 2.32 bits per heavy atom. The number of phenols is 1. The van der Waals surface area contributed by atoms with Crippen molar-refractivity contribution in [2.24, 2.45) is 0 Å². The van der Waals surface area contributed by atoms with Crippen molar-refractivity contribution >= 4 is 11.6 Å². The molecular weight excluding hydrogens is 408 g/mol. The number of hydrogen-bond acceptors (Lipinski definition) is 9. The Morgan fingerprint density at radius 2 is 1.65 bits per heavy atom. The summed E-state index contributed by atoms with van der Waals surface area (Å²) in [5.41, 5.74) is 0.112. The minimum absolute atomic E-state index is 0.0106. The summed E-state index contributed by atoms with van der Waals surface area (Å²) in [5, 5.41) is 40.8. The van der Waals surface area contributed by atoms with Gasteiger partial charge in [-0.15, -0.1) is 0 Å². The number of aliphatic hydroxyl groups is 3. The number of hydrogen-bond donors (Lipinski definition) is 4. The van der Waals surface area contributed by atoms with Gasteiger partial charge in [-0.1, -0.05) is 12.1 Å². The second-order valence-electron chi connectivity index (χ2n) is 7.61. The molecule has 9 nitrogen and oxygen atoms in total. The van der Waals surface area contributed by atoms with E-state index in [1.54, 1.807) is 12.1 Å². The predicted octanol–water partition coefficient (Wildman–Crippen LogP) is 0.691. The average molecular weight is 430 g/mol. The molecule has 5 unspecified atom stereocenters. The van der Waals surface area contributed by atoms with Crippen LogP contribution in [0, 0.1) is 6.92 Å². The van der Waals surface area contributed by atoms with Gasteiger partial charge in [-0.2, -0.15) is 0 Å². The first-order chi connectivity index (χ1) is 14.7. The first kappa shape index (κ1) is 21.3. The molecule has 2 aromatic carbocycles. The fourth-order valence-corrected chi connectivity index (χ4v) is 3.91. The molecular formula is C22H22O9. The number of aromatic hydroxyl groups is 1. The van der Waals surface area contributed by atoms with E-state index < -0.39 is 48.0 Å². The fourth-order valence-electron chi connectivity index (χ4n) is 3.91. The maximum atomic E-state index is 13.1. The minimum Gasteiger partial charge on any atom is -0.507 e.